The second-order valence-corrected chi connectivity index (χ2v) is 7.99. The van der Waals surface area contributed by atoms with Crippen molar-refractivity contribution < 1.29 is 14.0 Å². The van der Waals surface area contributed by atoms with Crippen LogP contribution in [0.1, 0.15) is 36.7 Å². The Hall–Kier alpha value is -3.15. The van der Waals surface area contributed by atoms with Crippen molar-refractivity contribution in [2.75, 3.05) is 0 Å². The van der Waals surface area contributed by atoms with Gasteiger partial charge in [0.1, 0.15) is 11.9 Å². The zero-order chi connectivity index (χ0) is 20.5. The third-order valence-corrected chi connectivity index (χ3v) is 4.73. The summed E-state index contributed by atoms with van der Waals surface area (Å²) in [5.41, 5.74) is 7.25. The van der Waals surface area contributed by atoms with Crippen molar-refractivity contribution >= 4 is 22.7 Å². The van der Waals surface area contributed by atoms with Gasteiger partial charge in [-0.1, -0.05) is 51.1 Å². The first kappa shape index (κ1) is 19.6. The SMILES string of the molecule is CC(C)(C)C(NC(=O)c1cn(Cc2ccc(F)cc2)c2ccccc12)C(N)=O. The summed E-state index contributed by atoms with van der Waals surface area (Å²) in [6.45, 7) is 6.04. The number of benzene rings is 2. The Labute approximate surface area is 163 Å². The van der Waals surface area contributed by atoms with Crippen LogP contribution >= 0.6 is 0 Å². The van der Waals surface area contributed by atoms with Gasteiger partial charge in [-0.2, -0.15) is 0 Å². The quantitative estimate of drug-likeness (QED) is 0.710. The van der Waals surface area contributed by atoms with Crippen molar-refractivity contribution in [1.82, 2.24) is 9.88 Å². The van der Waals surface area contributed by atoms with E-state index in [9.17, 15) is 14.0 Å². The van der Waals surface area contributed by atoms with Crippen LogP contribution in [-0.2, 0) is 11.3 Å². The van der Waals surface area contributed by atoms with Gasteiger partial charge in [0.2, 0.25) is 5.91 Å². The van der Waals surface area contributed by atoms with Gasteiger partial charge in [-0.25, -0.2) is 4.39 Å². The summed E-state index contributed by atoms with van der Waals surface area (Å²) >= 11 is 0. The smallest absolute Gasteiger partial charge is 0.254 e. The van der Waals surface area contributed by atoms with E-state index in [1.165, 1.54) is 12.1 Å². The molecule has 0 saturated heterocycles. The predicted molar refractivity (Wildman–Crippen MR) is 107 cm³/mol. The van der Waals surface area contributed by atoms with Gasteiger partial charge < -0.3 is 15.6 Å². The Morgan fingerprint density at radius 1 is 1.11 bits per heavy atom. The molecule has 0 aliphatic carbocycles. The highest BCUT2D eigenvalue weighted by molar-refractivity contribution is 6.08. The summed E-state index contributed by atoms with van der Waals surface area (Å²) in [5.74, 6) is -1.22. The van der Waals surface area contributed by atoms with E-state index in [1.807, 2.05) is 49.6 Å². The lowest BCUT2D eigenvalue weighted by Gasteiger charge is -2.28. The number of nitrogens with one attached hydrogen (secondary N) is 1. The predicted octanol–water partition coefficient (Wildman–Crippen LogP) is 3.46. The number of nitrogens with two attached hydrogens (primary N) is 1. The van der Waals surface area contributed by atoms with Crippen LogP contribution in [0.15, 0.2) is 54.7 Å². The lowest BCUT2D eigenvalue weighted by molar-refractivity contribution is -0.122. The van der Waals surface area contributed by atoms with Crippen molar-refractivity contribution in [3.05, 3.63) is 71.7 Å². The normalized spacial score (nSPS) is 12.7. The fourth-order valence-electron chi connectivity index (χ4n) is 3.27. The van der Waals surface area contributed by atoms with E-state index in [1.54, 1.807) is 18.3 Å². The Bertz CT molecular complexity index is 1020. The molecule has 2 amide bonds. The Morgan fingerprint density at radius 3 is 2.36 bits per heavy atom. The highest BCUT2D eigenvalue weighted by Gasteiger charge is 2.32. The third-order valence-electron chi connectivity index (χ3n) is 4.73. The Balaban J connectivity index is 1.96. The van der Waals surface area contributed by atoms with Crippen molar-refractivity contribution in [2.24, 2.45) is 11.1 Å². The molecule has 0 radical (unpaired) electrons. The molecule has 1 heterocycles. The average molecular weight is 381 g/mol. The van der Waals surface area contributed by atoms with Crippen LogP contribution in [0, 0.1) is 11.2 Å². The van der Waals surface area contributed by atoms with Gasteiger partial charge in [-0.05, 0) is 29.2 Å². The van der Waals surface area contributed by atoms with E-state index >= 15 is 0 Å². The van der Waals surface area contributed by atoms with Crippen LogP contribution in [0.5, 0.6) is 0 Å². The maximum Gasteiger partial charge on any atom is 0.254 e. The standard InChI is InChI=1S/C22H24FN3O2/c1-22(2,3)19(20(24)27)25-21(28)17-13-26(18-7-5-4-6-16(17)18)12-14-8-10-15(23)11-9-14/h4-11,13,19H,12H2,1-3H3,(H2,24,27)(H,25,28). The summed E-state index contributed by atoms with van der Waals surface area (Å²) in [7, 11) is 0. The molecule has 0 saturated carbocycles. The molecule has 3 rings (SSSR count). The molecule has 0 fully saturated rings. The highest BCUT2D eigenvalue weighted by Crippen LogP contribution is 2.24. The van der Waals surface area contributed by atoms with E-state index in [0.717, 1.165) is 16.5 Å². The number of primary amides is 1. The van der Waals surface area contributed by atoms with Gasteiger partial charge in [0.25, 0.3) is 5.91 Å². The maximum atomic E-state index is 13.2. The Morgan fingerprint density at radius 2 is 1.75 bits per heavy atom. The molecule has 0 spiro atoms. The number of hydrogen-bond donors (Lipinski definition) is 2. The number of rotatable bonds is 5. The molecule has 0 bridgehead atoms. The van der Waals surface area contributed by atoms with Crippen LogP contribution in [-0.4, -0.2) is 22.4 Å². The topological polar surface area (TPSA) is 77.1 Å². The molecular weight excluding hydrogens is 357 g/mol. The second-order valence-electron chi connectivity index (χ2n) is 7.99. The zero-order valence-corrected chi connectivity index (χ0v) is 16.2. The third kappa shape index (κ3) is 4.06. The van der Waals surface area contributed by atoms with Crippen LogP contribution in [0.3, 0.4) is 0 Å². The number of nitrogens with zero attached hydrogens (tertiary/aromatic N) is 1. The molecule has 3 N–H and O–H groups in total. The molecule has 1 atom stereocenters. The van der Waals surface area contributed by atoms with Gasteiger partial charge in [0, 0.05) is 23.6 Å². The molecule has 28 heavy (non-hydrogen) atoms. The molecule has 0 aliphatic rings. The van der Waals surface area contributed by atoms with Gasteiger partial charge in [-0.3, -0.25) is 9.59 Å². The zero-order valence-electron chi connectivity index (χ0n) is 16.2. The fraction of sp³-hybridized carbons (Fsp3) is 0.273. The maximum absolute atomic E-state index is 13.2. The number of amides is 2. The summed E-state index contributed by atoms with van der Waals surface area (Å²) in [6.07, 6.45) is 1.75. The summed E-state index contributed by atoms with van der Waals surface area (Å²) in [5, 5.41) is 3.55. The summed E-state index contributed by atoms with van der Waals surface area (Å²) in [4.78, 5) is 24.8. The van der Waals surface area contributed by atoms with Crippen molar-refractivity contribution in [1.29, 1.82) is 0 Å². The van der Waals surface area contributed by atoms with Gasteiger partial charge in [-0.15, -0.1) is 0 Å². The molecule has 0 aliphatic heterocycles. The van der Waals surface area contributed by atoms with Crippen LogP contribution in [0.4, 0.5) is 4.39 Å². The monoisotopic (exact) mass is 381 g/mol. The number of aromatic nitrogens is 1. The molecule has 146 valence electrons. The number of fused-ring (bicyclic) bond motifs is 1. The second kappa shape index (κ2) is 7.46. The largest absolute Gasteiger partial charge is 0.368 e. The van der Waals surface area contributed by atoms with E-state index in [-0.39, 0.29) is 11.7 Å². The van der Waals surface area contributed by atoms with Gasteiger partial charge in [0.15, 0.2) is 0 Å². The molecular formula is C22H24FN3O2. The molecule has 1 unspecified atom stereocenters. The number of para-hydroxylation sites is 1. The van der Waals surface area contributed by atoms with Crippen LogP contribution in [0.25, 0.3) is 10.9 Å². The van der Waals surface area contributed by atoms with Gasteiger partial charge >= 0.3 is 0 Å². The van der Waals surface area contributed by atoms with Crippen molar-refractivity contribution in [2.45, 2.75) is 33.4 Å². The minimum absolute atomic E-state index is 0.291. The molecule has 2 aromatic carbocycles. The lowest BCUT2D eigenvalue weighted by atomic mass is 9.86. The van der Waals surface area contributed by atoms with Crippen LogP contribution in [0.2, 0.25) is 0 Å². The van der Waals surface area contributed by atoms with E-state index in [2.05, 4.69) is 5.32 Å². The first-order valence-corrected chi connectivity index (χ1v) is 9.09. The number of carbonyl (C=O) groups excluding carboxylic acids is 2. The van der Waals surface area contributed by atoms with Gasteiger partial charge in [0.05, 0.1) is 5.56 Å². The molecule has 6 heteroatoms. The minimum Gasteiger partial charge on any atom is -0.368 e. The average Bonchev–Trinajstić information content (AvgIpc) is 2.99. The van der Waals surface area contributed by atoms with Crippen molar-refractivity contribution in [3.63, 3.8) is 0 Å². The number of carbonyl (C=O) groups is 2. The first-order valence-electron chi connectivity index (χ1n) is 9.09. The summed E-state index contributed by atoms with van der Waals surface area (Å²) in [6, 6.07) is 13.0. The van der Waals surface area contributed by atoms with E-state index < -0.39 is 17.4 Å². The fourth-order valence-corrected chi connectivity index (χ4v) is 3.27. The van der Waals surface area contributed by atoms with E-state index in [0.29, 0.717) is 12.1 Å². The highest BCUT2D eigenvalue weighted by atomic mass is 19.1. The number of hydrogen-bond acceptors (Lipinski definition) is 2. The van der Waals surface area contributed by atoms with E-state index in [4.69, 9.17) is 5.73 Å². The minimum atomic E-state index is -0.792. The Kier molecular flexibility index (Phi) is 5.23. The first-order chi connectivity index (χ1) is 13.2. The molecule has 5 nitrogen and oxygen atoms in total. The van der Waals surface area contributed by atoms with Crippen LogP contribution < -0.4 is 11.1 Å². The van der Waals surface area contributed by atoms with Crippen molar-refractivity contribution in [3.8, 4) is 0 Å². The molecule has 1 aromatic heterocycles. The molecule has 3 aromatic rings. The lowest BCUT2D eigenvalue weighted by Crippen LogP contribution is -2.52. The summed E-state index contributed by atoms with van der Waals surface area (Å²) < 4.78 is 15.1. The number of halogens is 1.